The summed E-state index contributed by atoms with van der Waals surface area (Å²) in [6.07, 6.45) is 2.63. The average Bonchev–Trinajstić information content (AvgIpc) is 3.32. The zero-order chi connectivity index (χ0) is 29.7. The fourth-order valence-corrected chi connectivity index (χ4v) is 5.27. The van der Waals surface area contributed by atoms with E-state index in [0.29, 0.717) is 17.8 Å². The van der Waals surface area contributed by atoms with Crippen molar-refractivity contribution in [3.63, 3.8) is 0 Å². The predicted octanol–water partition coefficient (Wildman–Crippen LogP) is 6.92. The second-order valence-corrected chi connectivity index (χ2v) is 11.7. The van der Waals surface area contributed by atoms with Crippen LogP contribution in [0.5, 0.6) is 11.5 Å². The van der Waals surface area contributed by atoms with E-state index in [-0.39, 0.29) is 18.0 Å². The van der Waals surface area contributed by atoms with Crippen LogP contribution < -0.4 is 15.4 Å². The van der Waals surface area contributed by atoms with Gasteiger partial charge in [-0.1, -0.05) is 36.4 Å². The summed E-state index contributed by atoms with van der Waals surface area (Å²) in [5.74, 6) is 1.33. The smallest absolute Gasteiger partial charge is 0.407 e. The first-order valence-electron chi connectivity index (χ1n) is 14.3. The van der Waals surface area contributed by atoms with Gasteiger partial charge in [-0.25, -0.2) is 4.79 Å². The highest BCUT2D eigenvalue weighted by atomic mass is 16.6. The van der Waals surface area contributed by atoms with E-state index in [2.05, 4.69) is 16.7 Å². The summed E-state index contributed by atoms with van der Waals surface area (Å²) in [5, 5.41) is 16.6. The van der Waals surface area contributed by atoms with Crippen molar-refractivity contribution in [3.05, 3.63) is 95.7 Å². The third-order valence-corrected chi connectivity index (χ3v) is 7.29. The van der Waals surface area contributed by atoms with E-state index >= 15 is 0 Å². The molecule has 5 rings (SSSR count). The number of nitriles is 1. The van der Waals surface area contributed by atoms with E-state index in [1.807, 2.05) is 98.1 Å². The van der Waals surface area contributed by atoms with Gasteiger partial charge < -0.3 is 24.7 Å². The van der Waals surface area contributed by atoms with Crippen LogP contribution in [0.1, 0.15) is 68.1 Å². The van der Waals surface area contributed by atoms with Crippen LogP contribution in [0.15, 0.2) is 78.9 Å². The Kier molecular flexibility index (Phi) is 8.48. The molecule has 4 aromatic rings. The Morgan fingerprint density at radius 1 is 0.881 bits per heavy atom. The van der Waals surface area contributed by atoms with Crippen LogP contribution in [0.3, 0.4) is 0 Å². The SMILES string of the molecule is CC(C)(C)OC(=O)N[C@H]1CC[C@H](NC(=O)c2cc3ccc(C#N)cc3n2Cc2ccc(Oc3ccccc3)cc2)CC1. The number of nitrogens with one attached hydrogen (secondary N) is 2. The number of carbonyl (C=O) groups is 2. The first-order valence-corrected chi connectivity index (χ1v) is 14.3. The van der Waals surface area contributed by atoms with Crippen LogP contribution >= 0.6 is 0 Å². The lowest BCUT2D eigenvalue weighted by Crippen LogP contribution is -2.45. The van der Waals surface area contributed by atoms with Crippen molar-refractivity contribution >= 4 is 22.9 Å². The van der Waals surface area contributed by atoms with Gasteiger partial charge in [0.25, 0.3) is 5.91 Å². The van der Waals surface area contributed by atoms with Crippen molar-refractivity contribution in [1.29, 1.82) is 5.26 Å². The van der Waals surface area contributed by atoms with Crippen LogP contribution in [0, 0.1) is 11.3 Å². The molecule has 3 aromatic carbocycles. The minimum Gasteiger partial charge on any atom is -0.457 e. The molecule has 1 aliphatic carbocycles. The van der Waals surface area contributed by atoms with Crippen molar-refractivity contribution in [3.8, 4) is 17.6 Å². The third kappa shape index (κ3) is 7.29. The quantitative estimate of drug-likeness (QED) is 0.254. The zero-order valence-corrected chi connectivity index (χ0v) is 24.2. The molecular formula is C34H36N4O4. The minimum atomic E-state index is -0.542. The van der Waals surface area contributed by atoms with E-state index < -0.39 is 11.7 Å². The van der Waals surface area contributed by atoms with Gasteiger partial charge in [0.2, 0.25) is 0 Å². The maximum Gasteiger partial charge on any atom is 0.407 e. The topological polar surface area (TPSA) is 105 Å². The lowest BCUT2D eigenvalue weighted by molar-refractivity contribution is 0.0487. The molecule has 216 valence electrons. The summed E-state index contributed by atoms with van der Waals surface area (Å²) in [5.41, 5.74) is 2.36. The molecule has 8 heteroatoms. The highest BCUT2D eigenvalue weighted by Crippen LogP contribution is 2.26. The third-order valence-electron chi connectivity index (χ3n) is 7.29. The van der Waals surface area contributed by atoms with Crippen molar-refractivity contribution in [2.75, 3.05) is 0 Å². The fraction of sp³-hybridized carbons (Fsp3) is 0.324. The summed E-state index contributed by atoms with van der Waals surface area (Å²) in [4.78, 5) is 25.8. The number of aromatic nitrogens is 1. The second-order valence-electron chi connectivity index (χ2n) is 11.7. The van der Waals surface area contributed by atoms with Gasteiger partial charge in [-0.15, -0.1) is 0 Å². The molecule has 1 aromatic heterocycles. The second kappa shape index (κ2) is 12.4. The maximum atomic E-state index is 13.6. The first kappa shape index (κ1) is 28.7. The Morgan fingerprint density at radius 3 is 2.17 bits per heavy atom. The summed E-state index contributed by atoms with van der Waals surface area (Å²) in [6, 6.07) is 27.0. The summed E-state index contributed by atoms with van der Waals surface area (Å²) in [7, 11) is 0. The number of benzene rings is 3. The predicted molar refractivity (Wildman–Crippen MR) is 162 cm³/mol. The van der Waals surface area contributed by atoms with Crippen LogP contribution in [-0.4, -0.2) is 34.3 Å². The Balaban J connectivity index is 1.29. The Bertz CT molecular complexity index is 1590. The Morgan fingerprint density at radius 2 is 1.52 bits per heavy atom. The van der Waals surface area contributed by atoms with E-state index in [0.717, 1.165) is 53.6 Å². The van der Waals surface area contributed by atoms with E-state index in [9.17, 15) is 14.9 Å². The number of hydrogen-bond donors (Lipinski definition) is 2. The van der Waals surface area contributed by atoms with Gasteiger partial charge in [-0.2, -0.15) is 5.26 Å². The number of fused-ring (bicyclic) bond motifs is 1. The lowest BCUT2D eigenvalue weighted by Gasteiger charge is -2.30. The number of nitrogens with zero attached hydrogens (tertiary/aromatic N) is 2. The van der Waals surface area contributed by atoms with Crippen molar-refractivity contribution in [2.45, 2.75) is 70.7 Å². The molecule has 0 atom stereocenters. The molecule has 0 aliphatic heterocycles. The highest BCUT2D eigenvalue weighted by molar-refractivity contribution is 5.99. The van der Waals surface area contributed by atoms with Gasteiger partial charge in [0.05, 0.1) is 17.1 Å². The Hall–Kier alpha value is -4.77. The minimum absolute atomic E-state index is 0.00439. The maximum absolute atomic E-state index is 13.6. The van der Waals surface area contributed by atoms with E-state index in [4.69, 9.17) is 9.47 Å². The number of hydrogen-bond acceptors (Lipinski definition) is 5. The lowest BCUT2D eigenvalue weighted by atomic mass is 9.91. The highest BCUT2D eigenvalue weighted by Gasteiger charge is 2.27. The molecule has 2 amide bonds. The number of alkyl carbamates (subject to hydrolysis) is 1. The Labute approximate surface area is 246 Å². The van der Waals surface area contributed by atoms with Crippen LogP contribution in [-0.2, 0) is 11.3 Å². The van der Waals surface area contributed by atoms with Crippen molar-refractivity contribution < 1.29 is 19.1 Å². The van der Waals surface area contributed by atoms with Crippen molar-refractivity contribution in [1.82, 2.24) is 15.2 Å². The molecule has 2 N–H and O–H groups in total. The molecule has 0 bridgehead atoms. The molecule has 0 spiro atoms. The number of para-hydroxylation sites is 1. The molecular weight excluding hydrogens is 528 g/mol. The molecule has 8 nitrogen and oxygen atoms in total. The van der Waals surface area contributed by atoms with Gasteiger partial charge in [0, 0.05) is 24.0 Å². The summed E-state index contributed by atoms with van der Waals surface area (Å²) in [6.45, 7) is 5.98. The molecule has 42 heavy (non-hydrogen) atoms. The van der Waals surface area contributed by atoms with Gasteiger partial charge in [0.1, 0.15) is 22.8 Å². The number of ether oxygens (including phenoxy) is 2. The molecule has 1 saturated carbocycles. The average molecular weight is 565 g/mol. The first-order chi connectivity index (χ1) is 20.2. The number of amides is 2. The molecule has 1 fully saturated rings. The van der Waals surface area contributed by atoms with Crippen LogP contribution in [0.2, 0.25) is 0 Å². The van der Waals surface area contributed by atoms with E-state index in [1.165, 1.54) is 0 Å². The standard InChI is InChI=1S/C34H36N4O4/c1-34(2,3)42-33(40)37-27-15-13-26(14-16-27)36-32(39)31-20-25-12-9-24(21-35)19-30(25)38(31)22-23-10-17-29(18-11-23)41-28-7-5-4-6-8-28/h4-12,17-20,26-27H,13-16,22H2,1-3H3,(H,36,39)(H,37,40)/t26-,27-. The molecule has 0 unspecified atom stereocenters. The summed E-state index contributed by atoms with van der Waals surface area (Å²) < 4.78 is 13.3. The fourth-order valence-electron chi connectivity index (χ4n) is 5.27. The van der Waals surface area contributed by atoms with Gasteiger partial charge in [-0.05, 0) is 94.5 Å². The zero-order valence-electron chi connectivity index (χ0n) is 24.2. The van der Waals surface area contributed by atoms with Gasteiger partial charge in [-0.3, -0.25) is 4.79 Å². The van der Waals surface area contributed by atoms with Crippen LogP contribution in [0.4, 0.5) is 4.79 Å². The van der Waals surface area contributed by atoms with Gasteiger partial charge >= 0.3 is 6.09 Å². The largest absolute Gasteiger partial charge is 0.457 e. The molecule has 0 saturated heterocycles. The molecule has 0 radical (unpaired) electrons. The molecule has 1 aliphatic rings. The number of rotatable bonds is 7. The summed E-state index contributed by atoms with van der Waals surface area (Å²) >= 11 is 0. The van der Waals surface area contributed by atoms with E-state index in [1.54, 1.807) is 6.07 Å². The van der Waals surface area contributed by atoms with Crippen LogP contribution in [0.25, 0.3) is 10.9 Å². The normalized spacial score (nSPS) is 16.8. The van der Waals surface area contributed by atoms with Gasteiger partial charge in [0.15, 0.2) is 0 Å². The number of carbonyl (C=O) groups excluding carboxylic acids is 2. The van der Waals surface area contributed by atoms with Crippen molar-refractivity contribution in [2.24, 2.45) is 0 Å². The molecule has 1 heterocycles. The monoisotopic (exact) mass is 564 g/mol.